The fourth-order valence-electron chi connectivity index (χ4n) is 5.41. The van der Waals surface area contributed by atoms with Crippen LogP contribution in [0.25, 0.3) is 0 Å². The minimum Gasteiger partial charge on any atom is -0.325 e. The summed E-state index contributed by atoms with van der Waals surface area (Å²) in [7, 11) is 0. The molecule has 2 N–H and O–H groups in total. The van der Waals surface area contributed by atoms with Crippen LogP contribution in [0.1, 0.15) is 70.4 Å². The van der Waals surface area contributed by atoms with Crippen molar-refractivity contribution in [1.82, 2.24) is 9.80 Å². The van der Waals surface area contributed by atoms with Gasteiger partial charge in [-0.05, 0) is 64.0 Å². The van der Waals surface area contributed by atoms with Crippen molar-refractivity contribution in [2.24, 2.45) is 0 Å². The molecular formula is C28H32N4O4. The van der Waals surface area contributed by atoms with Crippen molar-refractivity contribution in [2.75, 3.05) is 49.9 Å². The molecule has 0 saturated carbocycles. The highest BCUT2D eigenvalue weighted by Gasteiger charge is 2.34. The normalized spacial score (nSPS) is 17.7. The maximum absolute atomic E-state index is 13.7. The molecule has 0 spiro atoms. The van der Waals surface area contributed by atoms with Gasteiger partial charge in [-0.2, -0.15) is 0 Å². The number of amides is 2. The fourth-order valence-corrected chi connectivity index (χ4v) is 5.41. The van der Waals surface area contributed by atoms with E-state index in [0.717, 1.165) is 51.9 Å². The summed E-state index contributed by atoms with van der Waals surface area (Å²) in [6, 6.07) is 9.88. The maximum Gasteiger partial charge on any atom is 0.225 e. The summed E-state index contributed by atoms with van der Waals surface area (Å²) in [5, 5.41) is 5.71. The van der Waals surface area contributed by atoms with Crippen LogP contribution in [-0.4, -0.2) is 72.4 Å². The van der Waals surface area contributed by atoms with E-state index in [1.54, 1.807) is 36.4 Å². The van der Waals surface area contributed by atoms with Crippen molar-refractivity contribution < 1.29 is 19.2 Å². The topological polar surface area (TPSA) is 98.8 Å². The lowest BCUT2D eigenvalue weighted by Gasteiger charge is -2.23. The number of ketones is 2. The van der Waals surface area contributed by atoms with Crippen LogP contribution in [0.15, 0.2) is 36.4 Å². The average molecular weight is 489 g/mol. The van der Waals surface area contributed by atoms with Crippen molar-refractivity contribution in [3.63, 3.8) is 0 Å². The summed E-state index contributed by atoms with van der Waals surface area (Å²) in [6.45, 7) is 5.36. The van der Waals surface area contributed by atoms with Crippen LogP contribution in [0.3, 0.4) is 0 Å². The third-order valence-electron chi connectivity index (χ3n) is 7.33. The van der Waals surface area contributed by atoms with E-state index < -0.39 is 0 Å². The number of hydrogen-bond acceptors (Lipinski definition) is 6. The van der Waals surface area contributed by atoms with Crippen LogP contribution in [0.5, 0.6) is 0 Å². The fraction of sp³-hybridized carbons (Fsp3) is 0.429. The summed E-state index contributed by atoms with van der Waals surface area (Å²) >= 11 is 0. The largest absolute Gasteiger partial charge is 0.325 e. The van der Waals surface area contributed by atoms with Gasteiger partial charge < -0.3 is 20.4 Å². The van der Waals surface area contributed by atoms with Gasteiger partial charge in [-0.3, -0.25) is 19.2 Å². The van der Waals surface area contributed by atoms with Crippen LogP contribution >= 0.6 is 0 Å². The lowest BCUT2D eigenvalue weighted by atomic mass is 9.82. The van der Waals surface area contributed by atoms with Crippen molar-refractivity contribution in [1.29, 1.82) is 0 Å². The first-order valence-corrected chi connectivity index (χ1v) is 12.9. The molecule has 2 aliphatic heterocycles. The molecule has 5 rings (SSSR count). The van der Waals surface area contributed by atoms with E-state index in [9.17, 15) is 19.2 Å². The Morgan fingerprint density at radius 2 is 1.06 bits per heavy atom. The predicted molar refractivity (Wildman–Crippen MR) is 138 cm³/mol. The van der Waals surface area contributed by atoms with Gasteiger partial charge in [-0.1, -0.05) is 24.3 Å². The average Bonchev–Trinajstić information content (AvgIpc) is 3.59. The van der Waals surface area contributed by atoms with Crippen molar-refractivity contribution in [2.45, 2.75) is 38.5 Å². The number of anilines is 2. The Balaban J connectivity index is 1.34. The number of likely N-dealkylation sites (tertiary alicyclic amines) is 2. The van der Waals surface area contributed by atoms with E-state index in [2.05, 4.69) is 20.4 Å². The Labute approximate surface area is 211 Å². The summed E-state index contributed by atoms with van der Waals surface area (Å²) in [4.78, 5) is 56.9. The highest BCUT2D eigenvalue weighted by Crippen LogP contribution is 2.35. The zero-order chi connectivity index (χ0) is 25.1. The third-order valence-corrected chi connectivity index (χ3v) is 7.33. The molecule has 2 amide bonds. The van der Waals surface area contributed by atoms with Gasteiger partial charge in [0.2, 0.25) is 11.8 Å². The number of rotatable bonds is 8. The molecule has 2 fully saturated rings. The Morgan fingerprint density at radius 1 is 0.639 bits per heavy atom. The summed E-state index contributed by atoms with van der Waals surface area (Å²) in [5.41, 5.74) is 1.56. The van der Waals surface area contributed by atoms with Crippen LogP contribution in [0, 0.1) is 0 Å². The lowest BCUT2D eigenvalue weighted by molar-refractivity contribution is -0.117. The van der Waals surface area contributed by atoms with Gasteiger partial charge in [0.1, 0.15) is 0 Å². The Kier molecular flexibility index (Phi) is 7.25. The van der Waals surface area contributed by atoms with E-state index in [-0.39, 0.29) is 45.6 Å². The van der Waals surface area contributed by atoms with Gasteiger partial charge in [0, 0.05) is 37.1 Å². The van der Waals surface area contributed by atoms with E-state index in [0.29, 0.717) is 37.3 Å². The van der Waals surface area contributed by atoms with E-state index in [1.807, 2.05) is 0 Å². The minimum absolute atomic E-state index is 0.184. The molecule has 36 heavy (non-hydrogen) atoms. The first-order chi connectivity index (χ1) is 17.5. The molecule has 2 aromatic rings. The summed E-state index contributed by atoms with van der Waals surface area (Å²) in [6.07, 6.45) is 5.26. The van der Waals surface area contributed by atoms with Gasteiger partial charge in [0.25, 0.3) is 0 Å². The van der Waals surface area contributed by atoms with Gasteiger partial charge in [0.15, 0.2) is 11.6 Å². The van der Waals surface area contributed by atoms with Gasteiger partial charge in [-0.25, -0.2) is 0 Å². The lowest BCUT2D eigenvalue weighted by Crippen LogP contribution is -2.28. The molecule has 0 radical (unpaired) electrons. The van der Waals surface area contributed by atoms with E-state index in [4.69, 9.17) is 0 Å². The smallest absolute Gasteiger partial charge is 0.225 e. The standard InChI is InChI=1S/C28H32N4O4/c33-23(11-17-31-13-1-2-14-31)29-21-9-5-7-19-25(21)28(36)26-20(27(19)35)8-6-10-22(26)30-24(34)12-18-32-15-3-4-16-32/h5-10H,1-4,11-18H2,(H,29,33)(H,30,34). The number of nitrogens with one attached hydrogen (secondary N) is 2. The van der Waals surface area contributed by atoms with Crippen LogP contribution in [-0.2, 0) is 9.59 Å². The zero-order valence-corrected chi connectivity index (χ0v) is 20.5. The highest BCUT2D eigenvalue weighted by atomic mass is 16.2. The number of nitrogens with zero attached hydrogens (tertiary/aromatic N) is 2. The molecule has 188 valence electrons. The second-order valence-corrected chi connectivity index (χ2v) is 9.81. The van der Waals surface area contributed by atoms with Gasteiger partial charge in [-0.15, -0.1) is 0 Å². The molecule has 2 heterocycles. The first-order valence-electron chi connectivity index (χ1n) is 12.9. The second-order valence-electron chi connectivity index (χ2n) is 9.81. The number of carbonyl (C=O) groups is 4. The zero-order valence-electron chi connectivity index (χ0n) is 20.5. The highest BCUT2D eigenvalue weighted by molar-refractivity contribution is 6.32. The van der Waals surface area contributed by atoms with Crippen molar-refractivity contribution >= 4 is 34.8 Å². The van der Waals surface area contributed by atoms with Gasteiger partial charge >= 0.3 is 0 Å². The molecular weight excluding hydrogens is 456 g/mol. The number of hydrogen-bond donors (Lipinski definition) is 2. The van der Waals surface area contributed by atoms with Crippen molar-refractivity contribution in [3.8, 4) is 0 Å². The summed E-state index contributed by atoms with van der Waals surface area (Å²) in [5.74, 6) is -1.04. The Morgan fingerprint density at radius 3 is 1.47 bits per heavy atom. The minimum atomic E-state index is -0.370. The number of fused-ring (bicyclic) bond motifs is 2. The van der Waals surface area contributed by atoms with E-state index in [1.165, 1.54) is 0 Å². The molecule has 2 saturated heterocycles. The molecule has 3 aliphatic rings. The second kappa shape index (κ2) is 10.7. The number of benzene rings is 2. The molecule has 0 unspecified atom stereocenters. The SMILES string of the molecule is O=C(CCN1CCCC1)Nc1cccc2c1C(=O)c1c(NC(=O)CCN3CCCC3)cccc1C2=O. The molecule has 8 heteroatoms. The molecule has 0 aromatic heterocycles. The van der Waals surface area contributed by atoms with Crippen LogP contribution in [0.4, 0.5) is 11.4 Å². The first kappa shape index (κ1) is 24.3. The monoisotopic (exact) mass is 488 g/mol. The Bertz CT molecular complexity index is 1110. The Hall–Kier alpha value is -3.36. The third kappa shape index (κ3) is 5.10. The van der Waals surface area contributed by atoms with Crippen LogP contribution < -0.4 is 10.6 Å². The quantitative estimate of drug-likeness (QED) is 0.505. The maximum atomic E-state index is 13.7. The molecule has 1 aliphatic carbocycles. The van der Waals surface area contributed by atoms with Gasteiger partial charge in [0.05, 0.1) is 22.5 Å². The number of carbonyl (C=O) groups excluding carboxylic acids is 4. The van der Waals surface area contributed by atoms with Crippen LogP contribution in [0.2, 0.25) is 0 Å². The van der Waals surface area contributed by atoms with Crippen molar-refractivity contribution in [3.05, 3.63) is 58.7 Å². The van der Waals surface area contributed by atoms with E-state index >= 15 is 0 Å². The summed E-state index contributed by atoms with van der Waals surface area (Å²) < 4.78 is 0. The molecule has 0 atom stereocenters. The molecule has 0 bridgehead atoms. The predicted octanol–water partition coefficient (Wildman–Crippen LogP) is 3.31. The molecule has 8 nitrogen and oxygen atoms in total. The molecule has 2 aromatic carbocycles.